The number of hydrogen-bond donors (Lipinski definition) is 0. The monoisotopic (exact) mass is 238 g/mol. The Labute approximate surface area is 99.5 Å². The summed E-state index contributed by atoms with van der Waals surface area (Å²) in [6.45, 7) is 0. The van der Waals surface area contributed by atoms with Gasteiger partial charge in [0.2, 0.25) is 0 Å². The standard InChI is InChI=1S/C13H18O2S/c1-15-12-9-5-6-10-13(12)16(14)11-7-3-2-4-8-11/h5-6,9-11H,2-4,7-8H2,1H3. The van der Waals surface area contributed by atoms with E-state index in [1.807, 2.05) is 24.3 Å². The van der Waals surface area contributed by atoms with Crippen LogP contribution in [0.2, 0.25) is 0 Å². The molecule has 16 heavy (non-hydrogen) atoms. The molecule has 1 aliphatic carbocycles. The van der Waals surface area contributed by atoms with Crippen molar-refractivity contribution in [3.8, 4) is 5.75 Å². The molecule has 1 saturated carbocycles. The molecule has 1 aromatic rings. The van der Waals surface area contributed by atoms with E-state index in [1.165, 1.54) is 19.3 Å². The quantitative estimate of drug-likeness (QED) is 0.808. The zero-order valence-corrected chi connectivity index (χ0v) is 10.5. The van der Waals surface area contributed by atoms with Crippen LogP contribution in [0.15, 0.2) is 29.2 Å². The number of rotatable bonds is 3. The first-order valence-corrected chi connectivity index (χ1v) is 7.08. The minimum atomic E-state index is -0.906. The zero-order chi connectivity index (χ0) is 11.4. The molecule has 0 aromatic heterocycles. The molecule has 2 nitrogen and oxygen atoms in total. The second-order valence-electron chi connectivity index (χ2n) is 4.21. The van der Waals surface area contributed by atoms with Crippen molar-refractivity contribution in [2.45, 2.75) is 42.2 Å². The summed E-state index contributed by atoms with van der Waals surface area (Å²) in [5.41, 5.74) is 0. The van der Waals surface area contributed by atoms with Crippen molar-refractivity contribution >= 4 is 10.8 Å². The molecule has 0 bridgehead atoms. The van der Waals surface area contributed by atoms with Crippen LogP contribution in [0.4, 0.5) is 0 Å². The van der Waals surface area contributed by atoms with Gasteiger partial charge in [-0.2, -0.15) is 0 Å². The Hall–Kier alpha value is -0.830. The average molecular weight is 238 g/mol. The van der Waals surface area contributed by atoms with E-state index >= 15 is 0 Å². The van der Waals surface area contributed by atoms with Crippen LogP contribution >= 0.6 is 0 Å². The Morgan fingerprint density at radius 3 is 2.56 bits per heavy atom. The van der Waals surface area contributed by atoms with E-state index in [0.717, 1.165) is 23.5 Å². The highest BCUT2D eigenvalue weighted by Crippen LogP contribution is 2.30. The lowest BCUT2D eigenvalue weighted by atomic mass is 10.0. The fourth-order valence-electron chi connectivity index (χ4n) is 2.24. The smallest absolute Gasteiger partial charge is 0.134 e. The lowest BCUT2D eigenvalue weighted by Gasteiger charge is -2.21. The van der Waals surface area contributed by atoms with Crippen LogP contribution in [0.5, 0.6) is 5.75 Å². The van der Waals surface area contributed by atoms with Gasteiger partial charge in [-0.25, -0.2) is 0 Å². The molecule has 0 heterocycles. The van der Waals surface area contributed by atoms with Crippen molar-refractivity contribution in [2.75, 3.05) is 7.11 Å². The fourth-order valence-corrected chi connectivity index (χ4v) is 3.93. The normalized spacial score (nSPS) is 19.3. The summed E-state index contributed by atoms with van der Waals surface area (Å²) in [6, 6.07) is 7.65. The highest BCUT2D eigenvalue weighted by molar-refractivity contribution is 7.85. The summed E-state index contributed by atoms with van der Waals surface area (Å²) < 4.78 is 17.7. The third kappa shape index (κ3) is 2.46. The van der Waals surface area contributed by atoms with Crippen LogP contribution < -0.4 is 4.74 Å². The molecule has 1 fully saturated rings. The number of hydrogen-bond acceptors (Lipinski definition) is 2. The van der Waals surface area contributed by atoms with Gasteiger partial charge in [0.25, 0.3) is 0 Å². The van der Waals surface area contributed by atoms with E-state index < -0.39 is 10.8 Å². The Morgan fingerprint density at radius 1 is 1.19 bits per heavy atom. The van der Waals surface area contributed by atoms with Crippen LogP contribution in [0.3, 0.4) is 0 Å². The minimum absolute atomic E-state index is 0.324. The van der Waals surface area contributed by atoms with Gasteiger partial charge in [0.15, 0.2) is 0 Å². The number of methoxy groups -OCH3 is 1. The third-order valence-corrected chi connectivity index (χ3v) is 4.99. The molecular formula is C13H18O2S. The van der Waals surface area contributed by atoms with E-state index in [2.05, 4.69) is 0 Å². The van der Waals surface area contributed by atoms with Crippen molar-refractivity contribution in [2.24, 2.45) is 0 Å². The van der Waals surface area contributed by atoms with E-state index in [4.69, 9.17) is 4.74 Å². The number of para-hydroxylation sites is 1. The third-order valence-electron chi connectivity index (χ3n) is 3.14. The van der Waals surface area contributed by atoms with Crippen LogP contribution in [-0.4, -0.2) is 16.6 Å². The molecule has 1 unspecified atom stereocenters. The minimum Gasteiger partial charge on any atom is -0.495 e. The van der Waals surface area contributed by atoms with Gasteiger partial charge in [0.1, 0.15) is 5.75 Å². The summed E-state index contributed by atoms with van der Waals surface area (Å²) in [7, 11) is 0.730. The molecule has 0 aliphatic heterocycles. The molecule has 1 atom stereocenters. The Bertz CT molecular complexity index is 370. The van der Waals surface area contributed by atoms with Crippen LogP contribution in [0.25, 0.3) is 0 Å². The maximum Gasteiger partial charge on any atom is 0.134 e. The second-order valence-corrected chi connectivity index (χ2v) is 5.91. The fraction of sp³-hybridized carbons (Fsp3) is 0.538. The second kappa shape index (κ2) is 5.48. The maximum absolute atomic E-state index is 12.4. The SMILES string of the molecule is COc1ccccc1S(=O)C1CCCCC1. The molecule has 88 valence electrons. The first-order chi connectivity index (χ1) is 7.83. The van der Waals surface area contributed by atoms with Crippen molar-refractivity contribution in [1.82, 2.24) is 0 Å². The van der Waals surface area contributed by atoms with Gasteiger partial charge in [-0.05, 0) is 25.0 Å². The van der Waals surface area contributed by atoms with E-state index in [1.54, 1.807) is 7.11 Å². The molecule has 1 aromatic carbocycles. The molecule has 2 rings (SSSR count). The van der Waals surface area contributed by atoms with Gasteiger partial charge < -0.3 is 4.74 Å². The van der Waals surface area contributed by atoms with Gasteiger partial charge in [-0.1, -0.05) is 31.4 Å². The lowest BCUT2D eigenvalue weighted by Crippen LogP contribution is -2.19. The summed E-state index contributed by atoms with van der Waals surface area (Å²) in [5.74, 6) is 0.756. The number of ether oxygens (including phenoxy) is 1. The van der Waals surface area contributed by atoms with Crippen molar-refractivity contribution in [1.29, 1.82) is 0 Å². The van der Waals surface area contributed by atoms with Crippen LogP contribution in [0.1, 0.15) is 32.1 Å². The predicted octanol–water partition coefficient (Wildman–Crippen LogP) is 3.14. The highest BCUT2D eigenvalue weighted by atomic mass is 32.2. The van der Waals surface area contributed by atoms with Gasteiger partial charge in [-0.3, -0.25) is 4.21 Å². The molecule has 1 aliphatic rings. The Balaban J connectivity index is 2.19. The van der Waals surface area contributed by atoms with E-state index in [0.29, 0.717) is 5.25 Å². The van der Waals surface area contributed by atoms with Gasteiger partial charge in [0.05, 0.1) is 22.8 Å². The highest BCUT2D eigenvalue weighted by Gasteiger charge is 2.22. The predicted molar refractivity (Wildman–Crippen MR) is 66.3 cm³/mol. The first kappa shape index (κ1) is 11.6. The molecular weight excluding hydrogens is 220 g/mol. The molecule has 3 heteroatoms. The van der Waals surface area contributed by atoms with Crippen molar-refractivity contribution in [3.63, 3.8) is 0 Å². The van der Waals surface area contributed by atoms with Crippen LogP contribution in [0, 0.1) is 0 Å². The zero-order valence-electron chi connectivity index (χ0n) is 9.65. The topological polar surface area (TPSA) is 26.3 Å². The van der Waals surface area contributed by atoms with E-state index in [9.17, 15) is 4.21 Å². The maximum atomic E-state index is 12.4. The molecule has 0 spiro atoms. The van der Waals surface area contributed by atoms with Gasteiger partial charge in [0, 0.05) is 5.25 Å². The van der Waals surface area contributed by atoms with Crippen molar-refractivity contribution < 1.29 is 8.95 Å². The summed E-state index contributed by atoms with van der Waals surface area (Å²) in [4.78, 5) is 0.858. The lowest BCUT2D eigenvalue weighted by molar-refractivity contribution is 0.403. The Kier molecular flexibility index (Phi) is 3.99. The molecule has 0 radical (unpaired) electrons. The van der Waals surface area contributed by atoms with Gasteiger partial charge >= 0.3 is 0 Å². The first-order valence-electron chi connectivity index (χ1n) is 5.86. The molecule has 0 amide bonds. The van der Waals surface area contributed by atoms with Crippen molar-refractivity contribution in [3.05, 3.63) is 24.3 Å². The summed E-state index contributed by atoms with van der Waals surface area (Å²) in [6.07, 6.45) is 5.89. The molecule has 0 saturated heterocycles. The average Bonchev–Trinajstić information content (AvgIpc) is 2.39. The Morgan fingerprint density at radius 2 is 1.88 bits per heavy atom. The summed E-state index contributed by atoms with van der Waals surface area (Å²) in [5, 5.41) is 0.324. The van der Waals surface area contributed by atoms with Gasteiger partial charge in [-0.15, -0.1) is 0 Å². The summed E-state index contributed by atoms with van der Waals surface area (Å²) >= 11 is 0. The molecule has 0 N–H and O–H groups in total. The van der Waals surface area contributed by atoms with E-state index in [-0.39, 0.29) is 0 Å². The largest absolute Gasteiger partial charge is 0.495 e. The van der Waals surface area contributed by atoms with Crippen LogP contribution in [-0.2, 0) is 10.8 Å². The number of benzene rings is 1.